The lowest BCUT2D eigenvalue weighted by Crippen LogP contribution is -2.39. The average Bonchev–Trinajstić information content (AvgIpc) is 3.27. The van der Waals surface area contributed by atoms with Crippen molar-refractivity contribution in [2.24, 2.45) is 5.92 Å². The van der Waals surface area contributed by atoms with Gasteiger partial charge in [0.1, 0.15) is 11.6 Å². The first-order valence-corrected chi connectivity index (χ1v) is 11.4. The standard InChI is InChI=1S/C27H31N3O3/c1-17-6-11-23(12-18(17)2)33-16-21-4-3-5-25(21)30-27(32)24-13-22(14-29-26(24)28)20-9-7-19(15-31)8-10-20/h6-14,21,25,31H,3-5,15-16H2,1-2H3,(H2,28,29)(H,30,32)/t21-,25+/m1/s1. The summed E-state index contributed by atoms with van der Waals surface area (Å²) < 4.78 is 6.06. The summed E-state index contributed by atoms with van der Waals surface area (Å²) in [6.07, 6.45) is 4.65. The molecule has 6 nitrogen and oxygen atoms in total. The van der Waals surface area contributed by atoms with Gasteiger partial charge in [-0.1, -0.05) is 36.8 Å². The summed E-state index contributed by atoms with van der Waals surface area (Å²) in [5, 5.41) is 12.4. The van der Waals surface area contributed by atoms with Gasteiger partial charge in [0.05, 0.1) is 18.8 Å². The van der Waals surface area contributed by atoms with E-state index in [0.717, 1.165) is 41.7 Å². The van der Waals surface area contributed by atoms with E-state index in [1.54, 1.807) is 12.3 Å². The Kier molecular flexibility index (Phi) is 6.94. The molecule has 1 aromatic heterocycles. The summed E-state index contributed by atoms with van der Waals surface area (Å²) in [6.45, 7) is 4.72. The topological polar surface area (TPSA) is 97.5 Å². The van der Waals surface area contributed by atoms with Gasteiger partial charge >= 0.3 is 0 Å². The van der Waals surface area contributed by atoms with Crippen molar-refractivity contribution in [1.82, 2.24) is 10.3 Å². The fourth-order valence-electron chi connectivity index (χ4n) is 4.30. The van der Waals surface area contributed by atoms with Crippen molar-refractivity contribution in [2.75, 3.05) is 12.3 Å². The molecule has 6 heteroatoms. The van der Waals surface area contributed by atoms with E-state index in [-0.39, 0.29) is 30.3 Å². The molecule has 33 heavy (non-hydrogen) atoms. The molecule has 4 N–H and O–H groups in total. The summed E-state index contributed by atoms with van der Waals surface area (Å²) in [5.74, 6) is 1.11. The molecule has 1 aliphatic rings. The molecular formula is C27H31N3O3. The largest absolute Gasteiger partial charge is 0.493 e. The van der Waals surface area contributed by atoms with Crippen LogP contribution in [-0.4, -0.2) is 28.6 Å². The molecule has 2 aromatic carbocycles. The number of ether oxygens (including phenoxy) is 1. The second-order valence-electron chi connectivity index (χ2n) is 8.84. The molecule has 1 amide bonds. The monoisotopic (exact) mass is 445 g/mol. The van der Waals surface area contributed by atoms with Crippen LogP contribution < -0.4 is 15.8 Å². The van der Waals surface area contributed by atoms with E-state index in [1.807, 2.05) is 30.3 Å². The molecule has 2 atom stereocenters. The van der Waals surface area contributed by atoms with Gasteiger partial charge in [-0.3, -0.25) is 4.79 Å². The van der Waals surface area contributed by atoms with Gasteiger partial charge in [0.25, 0.3) is 5.91 Å². The number of nitrogens with two attached hydrogens (primary N) is 1. The summed E-state index contributed by atoms with van der Waals surface area (Å²) in [5.41, 5.74) is 11.4. The van der Waals surface area contributed by atoms with Crippen molar-refractivity contribution in [3.8, 4) is 16.9 Å². The third-order valence-electron chi connectivity index (χ3n) is 6.55. The summed E-state index contributed by atoms with van der Waals surface area (Å²) in [7, 11) is 0. The van der Waals surface area contributed by atoms with Gasteiger partial charge in [-0.2, -0.15) is 0 Å². The molecule has 0 unspecified atom stereocenters. The van der Waals surface area contributed by atoms with Crippen molar-refractivity contribution in [1.29, 1.82) is 0 Å². The molecule has 1 saturated carbocycles. The Morgan fingerprint density at radius 3 is 2.61 bits per heavy atom. The number of nitrogens with zero attached hydrogens (tertiary/aromatic N) is 1. The van der Waals surface area contributed by atoms with Crippen LogP contribution in [0.25, 0.3) is 11.1 Å². The van der Waals surface area contributed by atoms with Crippen molar-refractivity contribution in [3.63, 3.8) is 0 Å². The van der Waals surface area contributed by atoms with Crippen LogP contribution in [0.5, 0.6) is 5.75 Å². The van der Waals surface area contributed by atoms with Gasteiger partial charge in [-0.15, -0.1) is 0 Å². The minimum absolute atomic E-state index is 0.0102. The van der Waals surface area contributed by atoms with E-state index < -0.39 is 0 Å². The highest BCUT2D eigenvalue weighted by molar-refractivity contribution is 5.99. The molecule has 1 fully saturated rings. The molecule has 0 radical (unpaired) electrons. The van der Waals surface area contributed by atoms with Gasteiger partial charge in [0, 0.05) is 23.7 Å². The minimum Gasteiger partial charge on any atom is -0.493 e. The van der Waals surface area contributed by atoms with Crippen LogP contribution in [0, 0.1) is 19.8 Å². The number of nitrogen functional groups attached to an aromatic ring is 1. The number of anilines is 1. The lowest BCUT2D eigenvalue weighted by molar-refractivity contribution is 0.0919. The first-order chi connectivity index (χ1) is 15.9. The summed E-state index contributed by atoms with van der Waals surface area (Å²) >= 11 is 0. The Morgan fingerprint density at radius 2 is 1.88 bits per heavy atom. The molecule has 1 heterocycles. The number of carbonyl (C=O) groups excluding carboxylic acids is 1. The zero-order valence-corrected chi connectivity index (χ0v) is 19.2. The second-order valence-corrected chi connectivity index (χ2v) is 8.84. The number of aliphatic hydroxyl groups is 1. The number of nitrogens with one attached hydrogen (secondary N) is 1. The van der Waals surface area contributed by atoms with Gasteiger partial charge in [-0.05, 0) is 67.1 Å². The van der Waals surface area contributed by atoms with Crippen molar-refractivity contribution in [3.05, 3.63) is 77.0 Å². The Bertz CT molecular complexity index is 1130. The quantitative estimate of drug-likeness (QED) is 0.500. The molecule has 3 aromatic rings. The number of hydrogen-bond acceptors (Lipinski definition) is 5. The number of hydrogen-bond donors (Lipinski definition) is 3. The van der Waals surface area contributed by atoms with E-state index in [9.17, 15) is 9.90 Å². The van der Waals surface area contributed by atoms with Crippen LogP contribution in [0.2, 0.25) is 0 Å². The highest BCUT2D eigenvalue weighted by Gasteiger charge is 2.30. The fourth-order valence-corrected chi connectivity index (χ4v) is 4.30. The van der Waals surface area contributed by atoms with Gasteiger partial charge in [-0.25, -0.2) is 4.98 Å². The van der Waals surface area contributed by atoms with E-state index in [4.69, 9.17) is 10.5 Å². The van der Waals surface area contributed by atoms with E-state index >= 15 is 0 Å². The normalized spacial score (nSPS) is 17.7. The van der Waals surface area contributed by atoms with Crippen LogP contribution in [-0.2, 0) is 6.61 Å². The molecule has 0 spiro atoms. The molecule has 0 aliphatic heterocycles. The number of aliphatic hydroxyl groups excluding tert-OH is 1. The fraction of sp³-hybridized carbons (Fsp3) is 0.333. The van der Waals surface area contributed by atoms with Crippen LogP contribution >= 0.6 is 0 Å². The number of pyridine rings is 1. The van der Waals surface area contributed by atoms with Crippen molar-refractivity contribution in [2.45, 2.75) is 45.8 Å². The molecule has 0 saturated heterocycles. The number of aromatic nitrogens is 1. The summed E-state index contributed by atoms with van der Waals surface area (Å²) in [6, 6.07) is 15.4. The number of benzene rings is 2. The van der Waals surface area contributed by atoms with E-state index in [2.05, 4.69) is 36.3 Å². The lowest BCUT2D eigenvalue weighted by atomic mass is 10.0. The van der Waals surface area contributed by atoms with Gasteiger partial charge < -0.3 is 20.9 Å². The zero-order chi connectivity index (χ0) is 23.4. The Labute approximate surface area is 194 Å². The Balaban J connectivity index is 1.43. The number of rotatable bonds is 7. The smallest absolute Gasteiger partial charge is 0.255 e. The van der Waals surface area contributed by atoms with Gasteiger partial charge in [0.15, 0.2) is 0 Å². The lowest BCUT2D eigenvalue weighted by Gasteiger charge is -2.22. The van der Waals surface area contributed by atoms with Crippen molar-refractivity contribution >= 4 is 11.7 Å². The Morgan fingerprint density at radius 1 is 1.09 bits per heavy atom. The third-order valence-corrected chi connectivity index (χ3v) is 6.55. The number of carbonyl (C=O) groups is 1. The average molecular weight is 446 g/mol. The molecular weight excluding hydrogens is 414 g/mol. The van der Waals surface area contributed by atoms with E-state index in [0.29, 0.717) is 12.2 Å². The van der Waals surface area contributed by atoms with Crippen LogP contribution in [0.1, 0.15) is 46.3 Å². The summed E-state index contributed by atoms with van der Waals surface area (Å²) in [4.78, 5) is 17.3. The maximum absolute atomic E-state index is 13.1. The van der Waals surface area contributed by atoms with Crippen LogP contribution in [0.15, 0.2) is 54.7 Å². The van der Waals surface area contributed by atoms with Gasteiger partial charge in [0.2, 0.25) is 0 Å². The SMILES string of the molecule is Cc1ccc(OC[C@H]2CCC[C@@H]2NC(=O)c2cc(-c3ccc(CO)cc3)cnc2N)cc1C. The second kappa shape index (κ2) is 10.0. The highest BCUT2D eigenvalue weighted by Crippen LogP contribution is 2.28. The third kappa shape index (κ3) is 5.34. The maximum Gasteiger partial charge on any atom is 0.255 e. The number of aryl methyl sites for hydroxylation is 2. The molecule has 1 aliphatic carbocycles. The van der Waals surface area contributed by atoms with Crippen molar-refractivity contribution < 1.29 is 14.6 Å². The molecule has 172 valence electrons. The molecule has 4 rings (SSSR count). The first-order valence-electron chi connectivity index (χ1n) is 11.4. The predicted octanol–water partition coefficient (Wildman–Crippen LogP) is 4.42. The number of amides is 1. The predicted molar refractivity (Wildman–Crippen MR) is 130 cm³/mol. The van der Waals surface area contributed by atoms with E-state index in [1.165, 1.54) is 11.1 Å². The van der Waals surface area contributed by atoms with Crippen LogP contribution in [0.3, 0.4) is 0 Å². The maximum atomic E-state index is 13.1. The van der Waals surface area contributed by atoms with Crippen LogP contribution in [0.4, 0.5) is 5.82 Å². The highest BCUT2D eigenvalue weighted by atomic mass is 16.5. The Hall–Kier alpha value is -3.38. The first kappa shape index (κ1) is 22.8. The molecule has 0 bridgehead atoms. The zero-order valence-electron chi connectivity index (χ0n) is 19.2. The minimum atomic E-state index is -0.211.